The summed E-state index contributed by atoms with van der Waals surface area (Å²) in [5.41, 5.74) is 1.23. The monoisotopic (exact) mass is 196 g/mol. The van der Waals surface area contributed by atoms with Crippen LogP contribution in [-0.4, -0.2) is 0 Å². The number of hydrogen-bond acceptors (Lipinski definition) is 0. The quantitative estimate of drug-likeness (QED) is 0.646. The summed E-state index contributed by atoms with van der Waals surface area (Å²) in [6.07, 6.45) is 2.08. The maximum Gasteiger partial charge on any atom is -0.00745 e. The van der Waals surface area contributed by atoms with Gasteiger partial charge in [0.25, 0.3) is 0 Å². The Labute approximate surface area is 69.7 Å². The number of rotatable bonds is 1. The third-order valence-electron chi connectivity index (χ3n) is 1.17. The van der Waals surface area contributed by atoms with Crippen molar-refractivity contribution in [3.8, 4) is 0 Å². The molecule has 0 aromatic heterocycles. The zero-order valence-corrected chi connectivity index (χ0v) is 7.43. The van der Waals surface area contributed by atoms with Gasteiger partial charge in [-0.15, -0.1) is 0 Å². The Balaban J connectivity index is 2.87. The van der Waals surface area contributed by atoms with E-state index in [0.717, 1.165) is 4.48 Å². The van der Waals surface area contributed by atoms with Gasteiger partial charge in [-0.2, -0.15) is 0 Å². The van der Waals surface area contributed by atoms with E-state index < -0.39 is 0 Å². The van der Waals surface area contributed by atoms with Gasteiger partial charge in [-0.3, -0.25) is 0 Å². The molecule has 0 saturated carbocycles. The first kappa shape index (κ1) is 7.55. The first-order valence-corrected chi connectivity index (χ1v) is 3.97. The van der Waals surface area contributed by atoms with Crippen LogP contribution < -0.4 is 0 Å². The predicted octanol–water partition coefficient (Wildman–Crippen LogP) is 3.44. The van der Waals surface area contributed by atoms with Gasteiger partial charge in [0.1, 0.15) is 0 Å². The van der Waals surface area contributed by atoms with Crippen molar-refractivity contribution in [1.82, 2.24) is 0 Å². The summed E-state index contributed by atoms with van der Waals surface area (Å²) in [6, 6.07) is 10.2. The molecule has 0 spiro atoms. The molecule has 0 amide bonds. The summed E-state index contributed by atoms with van der Waals surface area (Å²) in [5, 5.41) is 0. The van der Waals surface area contributed by atoms with E-state index in [2.05, 4.69) is 34.1 Å². The molecule has 0 aliphatic carbocycles. The summed E-state index contributed by atoms with van der Waals surface area (Å²) in [7, 11) is 0. The zero-order valence-electron chi connectivity index (χ0n) is 5.84. The van der Waals surface area contributed by atoms with Gasteiger partial charge in [0.15, 0.2) is 0 Å². The van der Waals surface area contributed by atoms with Crippen molar-refractivity contribution in [3.63, 3.8) is 0 Å². The van der Waals surface area contributed by atoms with Gasteiger partial charge < -0.3 is 0 Å². The van der Waals surface area contributed by atoms with Crippen LogP contribution in [0.5, 0.6) is 0 Å². The summed E-state index contributed by atoms with van der Waals surface area (Å²) >= 11 is 3.37. The van der Waals surface area contributed by atoms with Gasteiger partial charge in [-0.25, -0.2) is 0 Å². The van der Waals surface area contributed by atoms with Crippen molar-refractivity contribution in [1.29, 1.82) is 0 Å². The molecule has 0 aliphatic heterocycles. The highest BCUT2D eigenvalue weighted by molar-refractivity contribution is 9.11. The minimum atomic E-state index is 1.15. The molecular weight excluding hydrogens is 188 g/mol. The van der Waals surface area contributed by atoms with Crippen LogP contribution in [0.15, 0.2) is 34.8 Å². The third kappa shape index (κ3) is 2.36. The fourth-order valence-corrected chi connectivity index (χ4v) is 1.04. The van der Waals surface area contributed by atoms with Crippen LogP contribution in [0.3, 0.4) is 0 Å². The first-order chi connectivity index (χ1) is 4.79. The third-order valence-corrected chi connectivity index (χ3v) is 1.39. The largest absolute Gasteiger partial charge is 0.0622 e. The lowest BCUT2D eigenvalue weighted by Crippen LogP contribution is -1.67. The highest BCUT2D eigenvalue weighted by Gasteiger charge is 1.83. The average Bonchev–Trinajstić information content (AvgIpc) is 1.88. The summed E-state index contributed by atoms with van der Waals surface area (Å²) in [5.74, 6) is 0. The Morgan fingerprint density at radius 1 is 1.30 bits per heavy atom. The Kier molecular flexibility index (Phi) is 2.69. The fourth-order valence-electron chi connectivity index (χ4n) is 0.779. The van der Waals surface area contributed by atoms with E-state index >= 15 is 0 Å². The maximum atomic E-state index is 3.37. The molecule has 0 heterocycles. The van der Waals surface area contributed by atoms with Crippen LogP contribution in [0.1, 0.15) is 12.5 Å². The lowest BCUT2D eigenvalue weighted by molar-refractivity contribution is 1.64. The van der Waals surface area contributed by atoms with Crippen LogP contribution in [0.4, 0.5) is 0 Å². The molecule has 0 radical (unpaired) electrons. The molecule has 0 atom stereocenters. The molecule has 0 aliphatic rings. The number of hydrogen-bond donors (Lipinski definition) is 0. The summed E-state index contributed by atoms with van der Waals surface area (Å²) in [4.78, 5) is 0. The van der Waals surface area contributed by atoms with Gasteiger partial charge in [0, 0.05) is 0 Å². The molecule has 0 nitrogen and oxygen atoms in total. The summed E-state index contributed by atoms with van der Waals surface area (Å²) < 4.78 is 1.15. The van der Waals surface area contributed by atoms with E-state index in [4.69, 9.17) is 0 Å². The first-order valence-electron chi connectivity index (χ1n) is 3.18. The number of allylic oxidation sites excluding steroid dienone is 1. The molecule has 0 fully saturated rings. The van der Waals surface area contributed by atoms with E-state index in [9.17, 15) is 0 Å². The second kappa shape index (κ2) is 3.57. The lowest BCUT2D eigenvalue weighted by atomic mass is 10.2. The minimum Gasteiger partial charge on any atom is -0.0622 e. The van der Waals surface area contributed by atoms with Crippen LogP contribution in [-0.2, 0) is 0 Å². The second-order valence-corrected chi connectivity index (χ2v) is 3.39. The standard InChI is InChI=1S/C9H9Br/c1-8(10)7-9-5-3-2-4-6-9/h2-7H,1H3/b8-7+. The lowest BCUT2D eigenvalue weighted by Gasteiger charge is -1.90. The molecule has 0 N–H and O–H groups in total. The molecule has 52 valence electrons. The van der Waals surface area contributed by atoms with E-state index in [0.29, 0.717) is 0 Å². The van der Waals surface area contributed by atoms with E-state index in [-0.39, 0.29) is 0 Å². The van der Waals surface area contributed by atoms with Crippen molar-refractivity contribution in [3.05, 3.63) is 40.4 Å². The highest BCUT2D eigenvalue weighted by Crippen LogP contribution is 2.09. The Morgan fingerprint density at radius 3 is 2.40 bits per heavy atom. The zero-order chi connectivity index (χ0) is 7.40. The molecule has 1 aromatic carbocycles. The van der Waals surface area contributed by atoms with E-state index in [1.54, 1.807) is 0 Å². The average molecular weight is 197 g/mol. The van der Waals surface area contributed by atoms with Crippen molar-refractivity contribution in [2.45, 2.75) is 6.92 Å². The van der Waals surface area contributed by atoms with Gasteiger partial charge >= 0.3 is 0 Å². The van der Waals surface area contributed by atoms with Crippen molar-refractivity contribution in [2.75, 3.05) is 0 Å². The Bertz CT molecular complexity index is 220. The molecule has 0 saturated heterocycles. The van der Waals surface area contributed by atoms with Gasteiger partial charge in [0.2, 0.25) is 0 Å². The van der Waals surface area contributed by atoms with Crippen LogP contribution in [0, 0.1) is 0 Å². The van der Waals surface area contributed by atoms with Crippen molar-refractivity contribution >= 4 is 22.0 Å². The molecule has 1 heteroatoms. The van der Waals surface area contributed by atoms with Gasteiger partial charge in [0.05, 0.1) is 0 Å². The predicted molar refractivity (Wildman–Crippen MR) is 49.0 cm³/mol. The SMILES string of the molecule is C/C(Br)=C\c1ccccc1. The highest BCUT2D eigenvalue weighted by atomic mass is 79.9. The normalized spacial score (nSPS) is 11.6. The fraction of sp³-hybridized carbons (Fsp3) is 0.111. The van der Waals surface area contributed by atoms with Gasteiger partial charge in [-0.1, -0.05) is 46.3 Å². The Morgan fingerprint density at radius 2 is 1.90 bits per heavy atom. The molecule has 1 rings (SSSR count). The van der Waals surface area contributed by atoms with Crippen molar-refractivity contribution < 1.29 is 0 Å². The molecule has 10 heavy (non-hydrogen) atoms. The van der Waals surface area contributed by atoms with Crippen molar-refractivity contribution in [2.24, 2.45) is 0 Å². The van der Waals surface area contributed by atoms with E-state index in [1.165, 1.54) is 5.56 Å². The van der Waals surface area contributed by atoms with Gasteiger partial charge in [-0.05, 0) is 23.0 Å². The minimum absolute atomic E-state index is 1.15. The topological polar surface area (TPSA) is 0 Å². The number of benzene rings is 1. The molecule has 0 bridgehead atoms. The Hall–Kier alpha value is -0.560. The summed E-state index contributed by atoms with van der Waals surface area (Å²) in [6.45, 7) is 2.02. The van der Waals surface area contributed by atoms with E-state index in [1.807, 2.05) is 25.1 Å². The van der Waals surface area contributed by atoms with Crippen LogP contribution in [0.2, 0.25) is 0 Å². The maximum absolute atomic E-state index is 3.37. The molecule has 0 unspecified atom stereocenters. The number of halogens is 1. The molecule has 1 aromatic rings. The molecular formula is C9H9Br. The van der Waals surface area contributed by atoms with Crippen LogP contribution >= 0.6 is 15.9 Å². The van der Waals surface area contributed by atoms with Crippen LogP contribution in [0.25, 0.3) is 6.08 Å². The second-order valence-electron chi connectivity index (χ2n) is 2.14. The smallest absolute Gasteiger partial charge is 0.00745 e.